The minimum absolute atomic E-state index is 0.00565. The first-order valence-corrected chi connectivity index (χ1v) is 6.14. The molecule has 3 rings (SSSR count). The first-order valence-electron chi connectivity index (χ1n) is 6.14. The number of ether oxygens (including phenoxy) is 1. The van der Waals surface area contributed by atoms with Gasteiger partial charge in [-0.2, -0.15) is 0 Å². The van der Waals surface area contributed by atoms with Gasteiger partial charge in [-0.25, -0.2) is 4.39 Å². The number of nitrogens with one attached hydrogen (secondary N) is 1. The van der Waals surface area contributed by atoms with E-state index in [9.17, 15) is 9.50 Å². The summed E-state index contributed by atoms with van der Waals surface area (Å²) in [6.07, 6.45) is 0. The molecule has 0 saturated carbocycles. The van der Waals surface area contributed by atoms with Crippen molar-refractivity contribution in [3.8, 4) is 5.75 Å². The van der Waals surface area contributed by atoms with Gasteiger partial charge in [-0.3, -0.25) is 0 Å². The molecule has 1 heterocycles. The van der Waals surface area contributed by atoms with Gasteiger partial charge in [0, 0.05) is 11.8 Å². The van der Waals surface area contributed by atoms with Crippen LogP contribution in [0.5, 0.6) is 5.75 Å². The highest BCUT2D eigenvalue weighted by molar-refractivity contribution is 5.49. The molecule has 0 fully saturated rings. The van der Waals surface area contributed by atoms with Crippen LogP contribution in [0.1, 0.15) is 17.2 Å². The number of hydrogen-bond donors (Lipinski definition) is 2. The molecule has 2 aromatic rings. The van der Waals surface area contributed by atoms with E-state index in [0.29, 0.717) is 18.9 Å². The van der Waals surface area contributed by atoms with Crippen molar-refractivity contribution >= 4 is 5.69 Å². The van der Waals surface area contributed by atoms with Crippen LogP contribution in [0.25, 0.3) is 0 Å². The quantitative estimate of drug-likeness (QED) is 0.814. The number of benzene rings is 2. The van der Waals surface area contributed by atoms with Crippen molar-refractivity contribution in [2.24, 2.45) is 0 Å². The SMILES string of the molecule is Oc1ccc(NC2COCc3ccccc32)cc1F. The Morgan fingerprint density at radius 2 is 2.05 bits per heavy atom. The third kappa shape index (κ3) is 2.39. The third-order valence-corrected chi connectivity index (χ3v) is 3.26. The standard InChI is InChI=1S/C15H14FNO2/c16-13-7-11(5-6-15(13)18)17-14-9-19-8-10-3-1-2-4-12(10)14/h1-7,14,17-18H,8-9H2. The predicted octanol–water partition coefficient (Wildman–Crippen LogP) is 3.21. The Morgan fingerprint density at radius 3 is 2.89 bits per heavy atom. The Labute approximate surface area is 110 Å². The summed E-state index contributed by atoms with van der Waals surface area (Å²) in [7, 11) is 0. The van der Waals surface area contributed by atoms with E-state index in [0.717, 1.165) is 5.56 Å². The molecule has 0 amide bonds. The van der Waals surface area contributed by atoms with E-state index in [2.05, 4.69) is 5.32 Å². The van der Waals surface area contributed by atoms with Crippen LogP contribution in [0.3, 0.4) is 0 Å². The smallest absolute Gasteiger partial charge is 0.166 e. The van der Waals surface area contributed by atoms with Crippen LogP contribution < -0.4 is 5.32 Å². The van der Waals surface area contributed by atoms with Crippen LogP contribution in [0.2, 0.25) is 0 Å². The largest absolute Gasteiger partial charge is 0.505 e. The summed E-state index contributed by atoms with van der Waals surface area (Å²) in [6.45, 7) is 1.15. The number of halogens is 1. The fourth-order valence-electron chi connectivity index (χ4n) is 2.30. The van der Waals surface area contributed by atoms with Crippen molar-refractivity contribution in [1.29, 1.82) is 0 Å². The number of aromatic hydroxyl groups is 1. The lowest BCUT2D eigenvalue weighted by Crippen LogP contribution is -2.23. The molecule has 3 nitrogen and oxygen atoms in total. The van der Waals surface area contributed by atoms with Crippen LogP contribution in [0.15, 0.2) is 42.5 Å². The maximum Gasteiger partial charge on any atom is 0.166 e. The van der Waals surface area contributed by atoms with Crippen molar-refractivity contribution in [3.63, 3.8) is 0 Å². The lowest BCUT2D eigenvalue weighted by Gasteiger charge is -2.27. The maximum absolute atomic E-state index is 13.3. The fraction of sp³-hybridized carbons (Fsp3) is 0.200. The highest BCUT2D eigenvalue weighted by atomic mass is 19.1. The first kappa shape index (κ1) is 12.0. The van der Waals surface area contributed by atoms with Crippen molar-refractivity contribution in [2.75, 3.05) is 11.9 Å². The van der Waals surface area contributed by atoms with E-state index in [-0.39, 0.29) is 11.8 Å². The number of phenolic OH excluding ortho intramolecular Hbond substituents is 1. The summed E-state index contributed by atoms with van der Waals surface area (Å²) in [5.41, 5.74) is 2.94. The first-order chi connectivity index (χ1) is 9.24. The van der Waals surface area contributed by atoms with E-state index in [1.807, 2.05) is 24.3 Å². The van der Waals surface area contributed by atoms with Gasteiger partial charge in [-0.15, -0.1) is 0 Å². The van der Waals surface area contributed by atoms with Crippen molar-refractivity contribution in [2.45, 2.75) is 12.6 Å². The minimum Gasteiger partial charge on any atom is -0.505 e. The molecule has 98 valence electrons. The molecule has 2 N–H and O–H groups in total. The number of fused-ring (bicyclic) bond motifs is 1. The van der Waals surface area contributed by atoms with Crippen LogP contribution in [-0.2, 0) is 11.3 Å². The van der Waals surface area contributed by atoms with E-state index < -0.39 is 5.82 Å². The van der Waals surface area contributed by atoms with Crippen LogP contribution in [-0.4, -0.2) is 11.7 Å². The average molecular weight is 259 g/mol. The molecule has 4 heteroatoms. The van der Waals surface area contributed by atoms with E-state index in [4.69, 9.17) is 4.74 Å². The van der Waals surface area contributed by atoms with E-state index in [1.165, 1.54) is 17.7 Å². The zero-order valence-electron chi connectivity index (χ0n) is 10.3. The molecule has 2 aromatic carbocycles. The monoisotopic (exact) mass is 259 g/mol. The lowest BCUT2D eigenvalue weighted by atomic mass is 9.99. The van der Waals surface area contributed by atoms with Crippen LogP contribution in [0.4, 0.5) is 10.1 Å². The molecule has 1 atom stereocenters. The molecule has 1 aliphatic rings. The summed E-state index contributed by atoms with van der Waals surface area (Å²) in [6, 6.07) is 12.3. The lowest BCUT2D eigenvalue weighted by molar-refractivity contribution is 0.0970. The Hall–Kier alpha value is -2.07. The molecule has 1 unspecified atom stereocenters. The Bertz CT molecular complexity index is 600. The van der Waals surface area contributed by atoms with Gasteiger partial charge < -0.3 is 15.2 Å². The zero-order valence-corrected chi connectivity index (χ0v) is 10.3. The fourth-order valence-corrected chi connectivity index (χ4v) is 2.30. The molecule has 1 aliphatic heterocycles. The van der Waals surface area contributed by atoms with E-state index in [1.54, 1.807) is 6.07 Å². The summed E-state index contributed by atoms with van der Waals surface area (Å²) < 4.78 is 18.8. The Balaban J connectivity index is 1.86. The minimum atomic E-state index is -0.630. The van der Waals surface area contributed by atoms with Crippen LogP contribution >= 0.6 is 0 Å². The summed E-state index contributed by atoms with van der Waals surface area (Å²) >= 11 is 0. The van der Waals surface area contributed by atoms with Gasteiger partial charge in [0.15, 0.2) is 11.6 Å². The molecule has 0 radical (unpaired) electrons. The summed E-state index contributed by atoms with van der Waals surface area (Å²) in [4.78, 5) is 0. The molecule has 0 spiro atoms. The Kier molecular flexibility index (Phi) is 3.09. The average Bonchev–Trinajstić information content (AvgIpc) is 2.43. The Morgan fingerprint density at radius 1 is 1.21 bits per heavy atom. The second-order valence-corrected chi connectivity index (χ2v) is 4.58. The normalized spacial score (nSPS) is 17.8. The number of rotatable bonds is 2. The van der Waals surface area contributed by atoms with Crippen molar-refractivity contribution < 1.29 is 14.2 Å². The number of phenols is 1. The van der Waals surface area contributed by atoms with Gasteiger partial charge in [0.2, 0.25) is 0 Å². The zero-order chi connectivity index (χ0) is 13.2. The van der Waals surface area contributed by atoms with Crippen molar-refractivity contribution in [1.82, 2.24) is 0 Å². The molecule has 19 heavy (non-hydrogen) atoms. The van der Waals surface area contributed by atoms with Gasteiger partial charge in [0.1, 0.15) is 0 Å². The summed E-state index contributed by atoms with van der Waals surface area (Å²) in [5.74, 6) is -0.971. The predicted molar refractivity (Wildman–Crippen MR) is 70.5 cm³/mol. The van der Waals surface area contributed by atoms with E-state index >= 15 is 0 Å². The van der Waals surface area contributed by atoms with Gasteiger partial charge in [0.05, 0.1) is 19.3 Å². The molecule has 0 saturated heterocycles. The topological polar surface area (TPSA) is 41.5 Å². The molecular weight excluding hydrogens is 245 g/mol. The highest BCUT2D eigenvalue weighted by Crippen LogP contribution is 2.29. The van der Waals surface area contributed by atoms with Crippen molar-refractivity contribution in [3.05, 3.63) is 59.4 Å². The number of hydrogen-bond acceptors (Lipinski definition) is 3. The second kappa shape index (κ2) is 4.90. The molecular formula is C15H14FNO2. The molecule has 0 aliphatic carbocycles. The van der Waals surface area contributed by atoms with Gasteiger partial charge in [0.25, 0.3) is 0 Å². The molecule has 0 aromatic heterocycles. The maximum atomic E-state index is 13.3. The molecule has 0 bridgehead atoms. The third-order valence-electron chi connectivity index (χ3n) is 3.26. The second-order valence-electron chi connectivity index (χ2n) is 4.58. The van der Waals surface area contributed by atoms with Gasteiger partial charge in [-0.1, -0.05) is 24.3 Å². The highest BCUT2D eigenvalue weighted by Gasteiger charge is 2.20. The summed E-state index contributed by atoms with van der Waals surface area (Å²) in [5, 5.41) is 12.4. The van der Waals surface area contributed by atoms with Gasteiger partial charge in [-0.05, 0) is 23.3 Å². The number of anilines is 1. The van der Waals surface area contributed by atoms with Gasteiger partial charge >= 0.3 is 0 Å². The van der Waals surface area contributed by atoms with Crippen LogP contribution in [0, 0.1) is 5.82 Å².